The SMILES string of the molecule is C=NCCC(N)C(=O)O. The van der Waals surface area contributed by atoms with E-state index in [4.69, 9.17) is 10.8 Å². The molecular weight excluding hydrogens is 120 g/mol. The monoisotopic (exact) mass is 130 g/mol. The van der Waals surface area contributed by atoms with Crippen molar-refractivity contribution in [3.8, 4) is 0 Å². The minimum atomic E-state index is -0.987. The van der Waals surface area contributed by atoms with Crippen LogP contribution in [0, 0.1) is 0 Å². The van der Waals surface area contributed by atoms with Crippen LogP contribution in [-0.4, -0.2) is 30.4 Å². The van der Waals surface area contributed by atoms with E-state index in [0.717, 1.165) is 0 Å². The Morgan fingerprint density at radius 3 is 2.78 bits per heavy atom. The van der Waals surface area contributed by atoms with Gasteiger partial charge in [-0.1, -0.05) is 0 Å². The van der Waals surface area contributed by atoms with E-state index < -0.39 is 12.0 Å². The van der Waals surface area contributed by atoms with Crippen LogP contribution in [0.1, 0.15) is 6.42 Å². The molecule has 0 aliphatic rings. The summed E-state index contributed by atoms with van der Waals surface area (Å²) >= 11 is 0. The fourth-order valence-corrected chi connectivity index (χ4v) is 0.354. The molecule has 0 saturated heterocycles. The second-order valence-electron chi connectivity index (χ2n) is 1.68. The molecule has 0 fully saturated rings. The number of rotatable bonds is 4. The second kappa shape index (κ2) is 4.03. The molecule has 4 heteroatoms. The van der Waals surface area contributed by atoms with Crippen LogP contribution >= 0.6 is 0 Å². The summed E-state index contributed by atoms with van der Waals surface area (Å²) in [6, 6.07) is -0.796. The Bertz CT molecular complexity index is 114. The van der Waals surface area contributed by atoms with E-state index in [2.05, 4.69) is 11.7 Å². The van der Waals surface area contributed by atoms with Crippen LogP contribution in [0.4, 0.5) is 0 Å². The summed E-state index contributed by atoms with van der Waals surface area (Å²) in [7, 11) is 0. The number of nitrogens with zero attached hydrogens (tertiary/aromatic N) is 1. The lowest BCUT2D eigenvalue weighted by molar-refractivity contribution is -0.138. The van der Waals surface area contributed by atoms with Gasteiger partial charge in [-0.15, -0.1) is 0 Å². The highest BCUT2D eigenvalue weighted by atomic mass is 16.4. The fraction of sp³-hybridized carbons (Fsp3) is 0.600. The molecule has 0 rings (SSSR count). The first-order valence-corrected chi connectivity index (χ1v) is 2.59. The highest BCUT2D eigenvalue weighted by Crippen LogP contribution is 1.86. The van der Waals surface area contributed by atoms with Gasteiger partial charge < -0.3 is 15.8 Å². The molecule has 4 nitrogen and oxygen atoms in total. The third-order valence-corrected chi connectivity index (χ3v) is 0.915. The Labute approximate surface area is 53.4 Å². The van der Waals surface area contributed by atoms with E-state index in [1.54, 1.807) is 0 Å². The van der Waals surface area contributed by atoms with Gasteiger partial charge in [0, 0.05) is 6.54 Å². The van der Waals surface area contributed by atoms with Crippen molar-refractivity contribution < 1.29 is 9.90 Å². The van der Waals surface area contributed by atoms with Crippen molar-refractivity contribution in [1.29, 1.82) is 0 Å². The van der Waals surface area contributed by atoms with Gasteiger partial charge in [-0.2, -0.15) is 0 Å². The molecule has 3 N–H and O–H groups in total. The van der Waals surface area contributed by atoms with Crippen molar-refractivity contribution in [2.45, 2.75) is 12.5 Å². The predicted octanol–water partition coefficient (Wildman–Crippen LogP) is -0.511. The van der Waals surface area contributed by atoms with Crippen LogP contribution in [0.3, 0.4) is 0 Å². The molecule has 0 spiro atoms. The largest absolute Gasteiger partial charge is 0.480 e. The van der Waals surface area contributed by atoms with E-state index in [9.17, 15) is 4.79 Å². The van der Waals surface area contributed by atoms with Crippen LogP contribution in [0.25, 0.3) is 0 Å². The van der Waals surface area contributed by atoms with Gasteiger partial charge in [0.25, 0.3) is 0 Å². The smallest absolute Gasteiger partial charge is 0.320 e. The standard InChI is InChI=1S/C5H10N2O2/c1-7-3-2-4(6)5(8)9/h4H,1-3,6H2,(H,8,9). The van der Waals surface area contributed by atoms with E-state index in [-0.39, 0.29) is 0 Å². The van der Waals surface area contributed by atoms with E-state index in [0.29, 0.717) is 13.0 Å². The Hall–Kier alpha value is -0.900. The molecule has 0 aromatic heterocycles. The zero-order valence-corrected chi connectivity index (χ0v) is 5.08. The van der Waals surface area contributed by atoms with Gasteiger partial charge in [-0.25, -0.2) is 0 Å². The average Bonchev–Trinajstić information content (AvgIpc) is 1.82. The van der Waals surface area contributed by atoms with Gasteiger partial charge in [0.2, 0.25) is 0 Å². The van der Waals surface area contributed by atoms with Crippen molar-refractivity contribution in [2.75, 3.05) is 6.54 Å². The van der Waals surface area contributed by atoms with Crippen LogP contribution in [0.15, 0.2) is 4.99 Å². The molecule has 0 aliphatic heterocycles. The number of carboxylic acid groups (broad SMARTS) is 1. The second-order valence-corrected chi connectivity index (χ2v) is 1.68. The summed E-state index contributed by atoms with van der Waals surface area (Å²) in [5.41, 5.74) is 5.12. The average molecular weight is 130 g/mol. The number of aliphatic imine (C=N–C) groups is 1. The fourth-order valence-electron chi connectivity index (χ4n) is 0.354. The van der Waals surface area contributed by atoms with Crippen LogP contribution in [0.2, 0.25) is 0 Å². The van der Waals surface area contributed by atoms with Crippen LogP contribution in [0.5, 0.6) is 0 Å². The summed E-state index contributed by atoms with van der Waals surface area (Å²) in [5, 5.41) is 8.22. The maximum atomic E-state index is 10.0. The Kier molecular flexibility index (Phi) is 3.62. The zero-order valence-electron chi connectivity index (χ0n) is 5.08. The maximum absolute atomic E-state index is 10.0. The Morgan fingerprint density at radius 2 is 2.44 bits per heavy atom. The van der Waals surface area contributed by atoms with Gasteiger partial charge in [-0.3, -0.25) is 4.79 Å². The van der Waals surface area contributed by atoms with E-state index >= 15 is 0 Å². The number of aliphatic carboxylic acids is 1. The first-order chi connectivity index (χ1) is 4.18. The van der Waals surface area contributed by atoms with Crippen molar-refractivity contribution in [3.05, 3.63) is 0 Å². The molecule has 0 radical (unpaired) electrons. The molecular formula is C5H10N2O2. The molecule has 0 aromatic carbocycles. The van der Waals surface area contributed by atoms with Crippen molar-refractivity contribution in [2.24, 2.45) is 10.7 Å². The van der Waals surface area contributed by atoms with Crippen LogP contribution < -0.4 is 5.73 Å². The van der Waals surface area contributed by atoms with E-state index in [1.165, 1.54) is 0 Å². The Balaban J connectivity index is 3.37. The van der Waals surface area contributed by atoms with Gasteiger partial charge in [0.05, 0.1) is 0 Å². The summed E-state index contributed by atoms with van der Waals surface area (Å²) < 4.78 is 0. The van der Waals surface area contributed by atoms with Crippen LogP contribution in [-0.2, 0) is 4.79 Å². The first kappa shape index (κ1) is 8.10. The number of carbonyl (C=O) groups is 1. The first-order valence-electron chi connectivity index (χ1n) is 2.59. The maximum Gasteiger partial charge on any atom is 0.320 e. The van der Waals surface area contributed by atoms with Crippen molar-refractivity contribution >= 4 is 12.7 Å². The highest BCUT2D eigenvalue weighted by molar-refractivity contribution is 5.72. The summed E-state index contributed by atoms with van der Waals surface area (Å²) in [6.45, 7) is 3.60. The molecule has 9 heavy (non-hydrogen) atoms. The summed E-state index contributed by atoms with van der Waals surface area (Å²) in [6.07, 6.45) is 0.360. The molecule has 0 aliphatic carbocycles. The number of hydrogen-bond acceptors (Lipinski definition) is 3. The van der Waals surface area contributed by atoms with Gasteiger partial charge in [-0.05, 0) is 13.1 Å². The van der Waals surface area contributed by atoms with E-state index in [1.807, 2.05) is 0 Å². The Morgan fingerprint density at radius 1 is 1.89 bits per heavy atom. The minimum Gasteiger partial charge on any atom is -0.480 e. The molecule has 0 amide bonds. The zero-order chi connectivity index (χ0) is 7.28. The third-order valence-electron chi connectivity index (χ3n) is 0.915. The van der Waals surface area contributed by atoms with Gasteiger partial charge in [0.15, 0.2) is 0 Å². The van der Waals surface area contributed by atoms with Gasteiger partial charge >= 0.3 is 5.97 Å². The lowest BCUT2D eigenvalue weighted by Crippen LogP contribution is -2.30. The summed E-state index contributed by atoms with van der Waals surface area (Å²) in [5.74, 6) is -0.987. The molecule has 0 saturated carbocycles. The number of nitrogens with two attached hydrogens (primary N) is 1. The van der Waals surface area contributed by atoms with Gasteiger partial charge in [0.1, 0.15) is 6.04 Å². The highest BCUT2D eigenvalue weighted by Gasteiger charge is 2.08. The topological polar surface area (TPSA) is 75.7 Å². The molecule has 0 bridgehead atoms. The molecule has 52 valence electrons. The lowest BCUT2D eigenvalue weighted by atomic mass is 10.2. The van der Waals surface area contributed by atoms with Crippen molar-refractivity contribution in [3.63, 3.8) is 0 Å². The lowest BCUT2D eigenvalue weighted by Gasteiger charge is -2.00. The number of carboxylic acids is 1. The minimum absolute atomic E-state index is 0.360. The predicted molar refractivity (Wildman–Crippen MR) is 34.6 cm³/mol. The normalized spacial score (nSPS) is 12.6. The number of hydrogen-bond donors (Lipinski definition) is 2. The molecule has 1 atom stereocenters. The molecule has 1 unspecified atom stereocenters. The quantitative estimate of drug-likeness (QED) is 0.503. The molecule has 0 heterocycles. The third kappa shape index (κ3) is 3.66. The molecule has 0 aromatic rings. The van der Waals surface area contributed by atoms with Crippen molar-refractivity contribution in [1.82, 2.24) is 0 Å². The summed E-state index contributed by atoms with van der Waals surface area (Å²) in [4.78, 5) is 13.5.